The molecule has 1 aromatic carbocycles. The monoisotopic (exact) mass is 273 g/mol. The minimum Gasteiger partial charge on any atom is -0.381 e. The van der Waals surface area contributed by atoms with Crippen molar-refractivity contribution in [3.05, 3.63) is 33.8 Å². The Morgan fingerprint density at radius 1 is 1.24 bits per heavy atom. The molecule has 1 aliphatic heterocycles. The molecule has 0 bridgehead atoms. The maximum absolute atomic E-state index is 6.20. The average Bonchev–Trinajstić information content (AvgIpc) is 2.34. The van der Waals surface area contributed by atoms with E-state index in [9.17, 15) is 0 Å². The van der Waals surface area contributed by atoms with Gasteiger partial charge in [0.1, 0.15) is 0 Å². The fourth-order valence-corrected chi connectivity index (χ4v) is 2.53. The molecule has 0 amide bonds. The third-order valence-corrected chi connectivity index (χ3v) is 4.04. The Kier molecular flexibility index (Phi) is 4.69. The van der Waals surface area contributed by atoms with Gasteiger partial charge in [-0.1, -0.05) is 29.3 Å². The number of hydrogen-bond donors (Lipinski definition) is 1. The second-order valence-corrected chi connectivity index (χ2v) is 5.39. The van der Waals surface area contributed by atoms with E-state index in [0.29, 0.717) is 16.0 Å². The lowest BCUT2D eigenvalue weighted by Gasteiger charge is -2.25. The first-order valence-corrected chi connectivity index (χ1v) is 6.70. The molecular formula is C13H17Cl2NO. The van der Waals surface area contributed by atoms with Crippen LogP contribution in [0.4, 0.5) is 0 Å². The van der Waals surface area contributed by atoms with E-state index in [0.717, 1.165) is 38.0 Å². The largest absolute Gasteiger partial charge is 0.381 e. The molecule has 1 atom stereocenters. The van der Waals surface area contributed by atoms with Crippen LogP contribution in [-0.2, 0) is 4.74 Å². The zero-order valence-electron chi connectivity index (χ0n) is 9.66. The van der Waals surface area contributed by atoms with Crippen molar-refractivity contribution in [1.82, 2.24) is 0 Å². The predicted octanol–water partition coefficient (Wildman–Crippen LogP) is 3.81. The second kappa shape index (κ2) is 6.05. The van der Waals surface area contributed by atoms with Gasteiger partial charge < -0.3 is 10.5 Å². The number of rotatable bonds is 3. The summed E-state index contributed by atoms with van der Waals surface area (Å²) in [5, 5.41) is 1.15. The van der Waals surface area contributed by atoms with E-state index in [2.05, 4.69) is 0 Å². The second-order valence-electron chi connectivity index (χ2n) is 4.57. The molecule has 0 spiro atoms. The zero-order valence-corrected chi connectivity index (χ0v) is 11.2. The standard InChI is InChI=1S/C13H17Cl2NO/c14-11-2-1-10(8-12(11)15)13(16)7-9-3-5-17-6-4-9/h1-2,8-9,13H,3-7,16H2. The predicted molar refractivity (Wildman–Crippen MR) is 71.6 cm³/mol. The van der Waals surface area contributed by atoms with Crippen LogP contribution in [0.1, 0.15) is 30.9 Å². The highest BCUT2D eigenvalue weighted by Gasteiger charge is 2.18. The van der Waals surface area contributed by atoms with Crippen molar-refractivity contribution in [1.29, 1.82) is 0 Å². The summed E-state index contributed by atoms with van der Waals surface area (Å²) in [4.78, 5) is 0. The minimum absolute atomic E-state index is 0.0351. The quantitative estimate of drug-likeness (QED) is 0.909. The molecule has 17 heavy (non-hydrogen) atoms. The molecule has 1 unspecified atom stereocenters. The number of halogens is 2. The van der Waals surface area contributed by atoms with E-state index in [-0.39, 0.29) is 6.04 Å². The first-order chi connectivity index (χ1) is 8.16. The topological polar surface area (TPSA) is 35.2 Å². The molecule has 2 nitrogen and oxygen atoms in total. The van der Waals surface area contributed by atoms with Gasteiger partial charge in [-0.25, -0.2) is 0 Å². The Labute approximate surface area is 112 Å². The van der Waals surface area contributed by atoms with Crippen LogP contribution in [0.3, 0.4) is 0 Å². The van der Waals surface area contributed by atoms with Crippen LogP contribution in [0, 0.1) is 5.92 Å². The van der Waals surface area contributed by atoms with Crippen LogP contribution in [0.2, 0.25) is 10.0 Å². The molecule has 2 rings (SSSR count). The molecule has 4 heteroatoms. The Balaban J connectivity index is 1.98. The highest BCUT2D eigenvalue weighted by Crippen LogP contribution is 2.29. The fourth-order valence-electron chi connectivity index (χ4n) is 2.22. The van der Waals surface area contributed by atoms with E-state index < -0.39 is 0 Å². The summed E-state index contributed by atoms with van der Waals surface area (Å²) in [7, 11) is 0. The molecule has 1 saturated heterocycles. The third kappa shape index (κ3) is 3.59. The number of nitrogens with two attached hydrogens (primary N) is 1. The van der Waals surface area contributed by atoms with Gasteiger partial charge in [-0.2, -0.15) is 0 Å². The molecule has 0 aliphatic carbocycles. The maximum atomic E-state index is 6.20. The number of ether oxygens (including phenoxy) is 1. The van der Waals surface area contributed by atoms with Crippen molar-refractivity contribution >= 4 is 23.2 Å². The lowest BCUT2D eigenvalue weighted by Crippen LogP contribution is -2.21. The molecular weight excluding hydrogens is 257 g/mol. The third-order valence-electron chi connectivity index (χ3n) is 3.30. The highest BCUT2D eigenvalue weighted by atomic mass is 35.5. The summed E-state index contributed by atoms with van der Waals surface area (Å²) in [6.45, 7) is 1.72. The van der Waals surface area contributed by atoms with Gasteiger partial charge in [0.25, 0.3) is 0 Å². The van der Waals surface area contributed by atoms with Gasteiger partial charge in [-0.15, -0.1) is 0 Å². The summed E-state index contributed by atoms with van der Waals surface area (Å²) >= 11 is 11.9. The highest BCUT2D eigenvalue weighted by molar-refractivity contribution is 6.42. The summed E-state index contributed by atoms with van der Waals surface area (Å²) in [5.41, 5.74) is 7.26. The van der Waals surface area contributed by atoms with E-state index in [4.69, 9.17) is 33.7 Å². The lowest BCUT2D eigenvalue weighted by atomic mass is 9.90. The molecule has 1 fully saturated rings. The van der Waals surface area contributed by atoms with Crippen LogP contribution >= 0.6 is 23.2 Å². The first-order valence-electron chi connectivity index (χ1n) is 5.95. The van der Waals surface area contributed by atoms with Crippen molar-refractivity contribution in [2.24, 2.45) is 11.7 Å². The minimum atomic E-state index is 0.0351. The molecule has 1 aliphatic rings. The molecule has 94 valence electrons. The molecule has 1 aromatic rings. The Bertz CT molecular complexity index is 378. The maximum Gasteiger partial charge on any atom is 0.0595 e. The first kappa shape index (κ1) is 13.2. The molecule has 1 heterocycles. The van der Waals surface area contributed by atoms with E-state index in [1.54, 1.807) is 0 Å². The lowest BCUT2D eigenvalue weighted by molar-refractivity contribution is 0.0618. The number of benzene rings is 1. The summed E-state index contributed by atoms with van der Waals surface area (Å²) in [5.74, 6) is 0.660. The van der Waals surface area contributed by atoms with Crippen LogP contribution < -0.4 is 5.73 Å². The van der Waals surface area contributed by atoms with Gasteiger partial charge in [0.15, 0.2) is 0 Å². The molecule has 2 N–H and O–H groups in total. The van der Waals surface area contributed by atoms with Gasteiger partial charge in [0, 0.05) is 19.3 Å². The Morgan fingerprint density at radius 2 is 1.94 bits per heavy atom. The molecule has 0 saturated carbocycles. The normalized spacial score (nSPS) is 19.2. The zero-order chi connectivity index (χ0) is 12.3. The van der Waals surface area contributed by atoms with E-state index in [1.807, 2.05) is 18.2 Å². The van der Waals surface area contributed by atoms with Crippen LogP contribution in [0.5, 0.6) is 0 Å². The fraction of sp³-hybridized carbons (Fsp3) is 0.538. The van der Waals surface area contributed by atoms with E-state index in [1.165, 1.54) is 0 Å². The SMILES string of the molecule is NC(CC1CCOCC1)c1ccc(Cl)c(Cl)c1. The van der Waals surface area contributed by atoms with Crippen LogP contribution in [0.25, 0.3) is 0 Å². The van der Waals surface area contributed by atoms with Crippen molar-refractivity contribution in [3.8, 4) is 0 Å². The summed E-state index contributed by atoms with van der Waals surface area (Å²) in [6, 6.07) is 5.67. The van der Waals surface area contributed by atoms with Gasteiger partial charge >= 0.3 is 0 Å². The number of hydrogen-bond acceptors (Lipinski definition) is 2. The molecule has 0 radical (unpaired) electrons. The Morgan fingerprint density at radius 3 is 2.59 bits per heavy atom. The van der Waals surface area contributed by atoms with Crippen LogP contribution in [-0.4, -0.2) is 13.2 Å². The smallest absolute Gasteiger partial charge is 0.0595 e. The molecule has 0 aromatic heterocycles. The van der Waals surface area contributed by atoms with Crippen molar-refractivity contribution in [3.63, 3.8) is 0 Å². The van der Waals surface area contributed by atoms with Gasteiger partial charge in [0.05, 0.1) is 10.0 Å². The van der Waals surface area contributed by atoms with E-state index >= 15 is 0 Å². The van der Waals surface area contributed by atoms with Gasteiger partial charge in [-0.05, 0) is 42.9 Å². The Hall–Kier alpha value is -0.280. The van der Waals surface area contributed by atoms with Crippen molar-refractivity contribution in [2.45, 2.75) is 25.3 Å². The van der Waals surface area contributed by atoms with Gasteiger partial charge in [0.2, 0.25) is 0 Å². The van der Waals surface area contributed by atoms with Crippen molar-refractivity contribution in [2.75, 3.05) is 13.2 Å². The van der Waals surface area contributed by atoms with Crippen LogP contribution in [0.15, 0.2) is 18.2 Å². The summed E-state index contributed by atoms with van der Waals surface area (Å²) in [6.07, 6.45) is 3.20. The van der Waals surface area contributed by atoms with Crippen molar-refractivity contribution < 1.29 is 4.74 Å². The average molecular weight is 274 g/mol. The summed E-state index contributed by atoms with van der Waals surface area (Å²) < 4.78 is 5.34. The van der Waals surface area contributed by atoms with Gasteiger partial charge in [-0.3, -0.25) is 0 Å².